The van der Waals surface area contributed by atoms with E-state index < -0.39 is 15.4 Å². The Labute approximate surface area is 199 Å². The van der Waals surface area contributed by atoms with Crippen LogP contribution in [-0.2, 0) is 15.6 Å². The molecule has 33 heavy (non-hydrogen) atoms. The number of piperidine rings is 1. The predicted octanol–water partition coefficient (Wildman–Crippen LogP) is 4.67. The smallest absolute Gasteiger partial charge is 0.253 e. The van der Waals surface area contributed by atoms with Gasteiger partial charge in [0.05, 0.1) is 32.0 Å². The van der Waals surface area contributed by atoms with Gasteiger partial charge in [0.1, 0.15) is 0 Å². The summed E-state index contributed by atoms with van der Waals surface area (Å²) in [5.74, 6) is 0.318. The number of hydrogen-bond donors (Lipinski definition) is 1. The summed E-state index contributed by atoms with van der Waals surface area (Å²) in [5.41, 5.74) is 2.63. The minimum Gasteiger partial charge on any atom is -0.390 e. The summed E-state index contributed by atoms with van der Waals surface area (Å²) in [6.07, 6.45) is 2.92. The minimum atomic E-state index is -3.57. The van der Waals surface area contributed by atoms with Crippen molar-refractivity contribution in [3.8, 4) is 0 Å². The van der Waals surface area contributed by atoms with E-state index in [1.54, 1.807) is 46.8 Å². The van der Waals surface area contributed by atoms with Crippen LogP contribution in [0, 0.1) is 5.92 Å². The molecule has 4 rings (SSSR count). The number of carbonyl (C=O) groups is 1. The number of benzene rings is 2. The number of fused-ring (bicyclic) bond motifs is 1. The summed E-state index contributed by atoms with van der Waals surface area (Å²) >= 11 is 1.41. The second-order valence-corrected chi connectivity index (χ2v) is 12.2. The van der Waals surface area contributed by atoms with E-state index in [2.05, 4.69) is 18.8 Å². The molecule has 0 saturated carbocycles. The van der Waals surface area contributed by atoms with Crippen LogP contribution in [0.3, 0.4) is 0 Å². The van der Waals surface area contributed by atoms with E-state index in [0.717, 1.165) is 17.5 Å². The molecule has 1 amide bonds. The van der Waals surface area contributed by atoms with E-state index in [0.29, 0.717) is 48.5 Å². The molecule has 8 heteroatoms. The van der Waals surface area contributed by atoms with Gasteiger partial charge in [-0.15, -0.1) is 11.3 Å². The first-order chi connectivity index (χ1) is 15.7. The van der Waals surface area contributed by atoms with Crippen LogP contribution in [0.1, 0.15) is 55.5 Å². The van der Waals surface area contributed by atoms with Gasteiger partial charge in [0.15, 0.2) is 9.84 Å². The van der Waals surface area contributed by atoms with Gasteiger partial charge < -0.3 is 10.0 Å². The summed E-state index contributed by atoms with van der Waals surface area (Å²) < 4.78 is 26.8. The molecule has 1 aromatic heterocycles. The quantitative estimate of drug-likeness (QED) is 0.524. The van der Waals surface area contributed by atoms with Crippen LogP contribution in [0.15, 0.2) is 52.9 Å². The molecular formula is C25H30N2O4S2. The number of aromatic nitrogens is 1. The van der Waals surface area contributed by atoms with Crippen molar-refractivity contribution in [2.45, 2.75) is 55.8 Å². The lowest BCUT2D eigenvalue weighted by Crippen LogP contribution is -2.46. The third kappa shape index (κ3) is 5.45. The Hall–Kier alpha value is -2.29. The zero-order valence-electron chi connectivity index (χ0n) is 19.0. The molecule has 1 N–H and O–H groups in total. The lowest BCUT2D eigenvalue weighted by molar-refractivity contribution is -0.0262. The number of rotatable bonds is 7. The van der Waals surface area contributed by atoms with E-state index in [4.69, 9.17) is 0 Å². The topological polar surface area (TPSA) is 87.6 Å². The number of hydrogen-bond acceptors (Lipinski definition) is 6. The molecule has 1 saturated heterocycles. The van der Waals surface area contributed by atoms with Crippen LogP contribution in [0.5, 0.6) is 0 Å². The van der Waals surface area contributed by atoms with E-state index in [1.807, 2.05) is 6.07 Å². The monoisotopic (exact) mass is 486 g/mol. The number of amides is 1. The fourth-order valence-electron chi connectivity index (χ4n) is 4.27. The van der Waals surface area contributed by atoms with Crippen molar-refractivity contribution in [2.75, 3.05) is 13.1 Å². The van der Waals surface area contributed by atoms with Crippen molar-refractivity contribution < 1.29 is 18.3 Å². The van der Waals surface area contributed by atoms with E-state index in [9.17, 15) is 18.3 Å². The largest absolute Gasteiger partial charge is 0.390 e. The Morgan fingerprint density at radius 3 is 2.52 bits per heavy atom. The van der Waals surface area contributed by atoms with Gasteiger partial charge in [0.2, 0.25) is 0 Å². The van der Waals surface area contributed by atoms with Gasteiger partial charge in [-0.3, -0.25) is 4.79 Å². The molecule has 0 bridgehead atoms. The van der Waals surface area contributed by atoms with Crippen molar-refractivity contribution >= 4 is 37.3 Å². The predicted molar refractivity (Wildman–Crippen MR) is 131 cm³/mol. The lowest BCUT2D eigenvalue weighted by atomic mass is 9.85. The van der Waals surface area contributed by atoms with Gasteiger partial charge >= 0.3 is 0 Å². The Morgan fingerprint density at radius 1 is 1.15 bits per heavy atom. The molecule has 0 aliphatic carbocycles. The molecule has 6 nitrogen and oxygen atoms in total. The van der Waals surface area contributed by atoms with Gasteiger partial charge in [-0.1, -0.05) is 32.0 Å². The maximum atomic E-state index is 13.0. The molecular weight excluding hydrogens is 456 g/mol. The van der Waals surface area contributed by atoms with Crippen LogP contribution in [0.25, 0.3) is 10.2 Å². The minimum absolute atomic E-state index is 0.0810. The Kier molecular flexibility index (Phi) is 6.88. The molecule has 0 atom stereocenters. The van der Waals surface area contributed by atoms with Crippen molar-refractivity contribution in [1.82, 2.24) is 9.88 Å². The first-order valence-corrected chi connectivity index (χ1v) is 13.9. The average Bonchev–Trinajstić information content (AvgIpc) is 3.27. The zero-order valence-corrected chi connectivity index (χ0v) is 20.7. The number of aliphatic hydroxyl groups is 1. The van der Waals surface area contributed by atoms with Gasteiger partial charge in [-0.2, -0.15) is 0 Å². The first-order valence-electron chi connectivity index (χ1n) is 11.3. The fraction of sp³-hybridized carbons (Fsp3) is 0.440. The zero-order chi connectivity index (χ0) is 23.6. The highest BCUT2D eigenvalue weighted by atomic mass is 32.2. The van der Waals surface area contributed by atoms with Gasteiger partial charge in [0, 0.05) is 18.7 Å². The normalized spacial score (nSPS) is 16.4. The van der Waals surface area contributed by atoms with Crippen molar-refractivity contribution in [2.24, 2.45) is 5.92 Å². The number of likely N-dealkylation sites (tertiary alicyclic amines) is 1. The second kappa shape index (κ2) is 9.52. The van der Waals surface area contributed by atoms with Gasteiger partial charge in [-0.05, 0) is 61.4 Å². The Bertz CT molecular complexity index is 1220. The molecule has 1 aliphatic heterocycles. The fourth-order valence-corrected chi connectivity index (χ4v) is 6.57. The van der Waals surface area contributed by atoms with Crippen molar-refractivity contribution in [3.63, 3.8) is 0 Å². The number of sulfone groups is 1. The third-order valence-electron chi connectivity index (χ3n) is 6.38. The van der Waals surface area contributed by atoms with Gasteiger partial charge in [0.25, 0.3) is 5.91 Å². The number of thiazole rings is 1. The summed E-state index contributed by atoms with van der Waals surface area (Å²) in [5, 5.41) is 10.8. The maximum absolute atomic E-state index is 13.0. The van der Waals surface area contributed by atoms with Crippen molar-refractivity contribution in [1.29, 1.82) is 0 Å². The molecule has 0 radical (unpaired) electrons. The summed E-state index contributed by atoms with van der Waals surface area (Å²) in [7, 11) is -3.57. The highest BCUT2D eigenvalue weighted by Crippen LogP contribution is 2.30. The standard InChI is InChI=1S/C25H30N2O4S2/c1-18(2)10-11-25(29)12-14-27(15-13-25)24(28)20-8-6-19(7-9-20)16-33(30,31)22-5-3-4-21-23(22)26-17-32-21/h3-9,17-18,29H,10-16H2,1-2H3. The summed E-state index contributed by atoms with van der Waals surface area (Å²) in [4.78, 5) is 19.2. The lowest BCUT2D eigenvalue weighted by Gasteiger charge is -2.38. The van der Waals surface area contributed by atoms with Crippen LogP contribution < -0.4 is 0 Å². The maximum Gasteiger partial charge on any atom is 0.253 e. The number of carbonyl (C=O) groups excluding carboxylic acids is 1. The average molecular weight is 487 g/mol. The Balaban J connectivity index is 1.40. The molecule has 176 valence electrons. The molecule has 0 unspecified atom stereocenters. The molecule has 1 aliphatic rings. The van der Waals surface area contributed by atoms with Crippen LogP contribution in [0.2, 0.25) is 0 Å². The molecule has 3 aromatic rings. The van der Waals surface area contributed by atoms with E-state index >= 15 is 0 Å². The number of nitrogens with zero attached hydrogens (tertiary/aromatic N) is 2. The van der Waals surface area contributed by atoms with Crippen LogP contribution >= 0.6 is 11.3 Å². The third-order valence-corrected chi connectivity index (χ3v) is 8.89. The molecule has 2 heterocycles. The van der Waals surface area contributed by atoms with Crippen LogP contribution in [0.4, 0.5) is 0 Å². The van der Waals surface area contributed by atoms with Gasteiger partial charge in [-0.25, -0.2) is 13.4 Å². The second-order valence-electron chi connectivity index (χ2n) is 9.36. The first kappa shape index (κ1) is 23.9. The number of para-hydroxylation sites is 1. The Morgan fingerprint density at radius 2 is 1.85 bits per heavy atom. The molecule has 0 spiro atoms. The molecule has 1 fully saturated rings. The highest BCUT2D eigenvalue weighted by Gasteiger charge is 2.34. The van der Waals surface area contributed by atoms with Crippen LogP contribution in [-0.4, -0.2) is 48.0 Å². The van der Waals surface area contributed by atoms with E-state index in [1.165, 1.54) is 11.3 Å². The highest BCUT2D eigenvalue weighted by molar-refractivity contribution is 7.90. The van der Waals surface area contributed by atoms with Crippen molar-refractivity contribution in [3.05, 3.63) is 59.1 Å². The summed E-state index contributed by atoms with van der Waals surface area (Å²) in [6, 6.07) is 12.0. The molecule has 2 aromatic carbocycles. The van der Waals surface area contributed by atoms with E-state index in [-0.39, 0.29) is 16.6 Å². The SMILES string of the molecule is CC(C)CCC1(O)CCN(C(=O)c2ccc(CS(=O)(=O)c3cccc4scnc34)cc2)CC1. The summed E-state index contributed by atoms with van der Waals surface area (Å²) in [6.45, 7) is 5.36.